The maximum absolute atomic E-state index is 5.85. The average Bonchev–Trinajstić information content (AvgIpc) is 2.97. The minimum atomic E-state index is 0.380. The molecule has 1 aliphatic carbocycles. The van der Waals surface area contributed by atoms with Crippen LogP contribution < -0.4 is 5.32 Å². The second kappa shape index (κ2) is 8.03. The van der Waals surface area contributed by atoms with Crippen molar-refractivity contribution in [3.8, 4) is 0 Å². The Bertz CT molecular complexity index is 333. The molecule has 0 aliphatic heterocycles. The van der Waals surface area contributed by atoms with E-state index in [4.69, 9.17) is 4.74 Å². The van der Waals surface area contributed by atoms with Gasteiger partial charge in [-0.1, -0.05) is 25.3 Å². The first-order valence-corrected chi connectivity index (χ1v) is 8.45. The van der Waals surface area contributed by atoms with Crippen molar-refractivity contribution in [2.45, 2.75) is 57.1 Å². The summed E-state index contributed by atoms with van der Waals surface area (Å²) in [6, 6.07) is 4.86. The Balaban J connectivity index is 1.89. The first-order chi connectivity index (χ1) is 9.35. The average molecular weight is 281 g/mol. The minimum Gasteiger partial charge on any atom is -0.380 e. The molecule has 2 rings (SSSR count). The second-order valence-electron chi connectivity index (χ2n) is 5.61. The van der Waals surface area contributed by atoms with Crippen molar-refractivity contribution in [2.75, 3.05) is 14.2 Å². The molecule has 1 aromatic rings. The molecule has 2 unspecified atom stereocenters. The maximum Gasteiger partial charge on any atom is 0.0752 e. The van der Waals surface area contributed by atoms with Gasteiger partial charge in [-0.3, -0.25) is 0 Å². The highest BCUT2D eigenvalue weighted by molar-refractivity contribution is 7.09. The number of methoxy groups -OCH3 is 1. The quantitative estimate of drug-likeness (QED) is 0.819. The Kier molecular flexibility index (Phi) is 6.35. The van der Waals surface area contributed by atoms with Gasteiger partial charge in [0.15, 0.2) is 0 Å². The Morgan fingerprint density at radius 2 is 2.16 bits per heavy atom. The molecule has 0 saturated heterocycles. The van der Waals surface area contributed by atoms with E-state index in [1.54, 1.807) is 0 Å². The molecule has 19 heavy (non-hydrogen) atoms. The fourth-order valence-electron chi connectivity index (χ4n) is 3.37. The van der Waals surface area contributed by atoms with E-state index in [2.05, 4.69) is 29.9 Å². The van der Waals surface area contributed by atoms with Crippen LogP contribution >= 0.6 is 11.3 Å². The van der Waals surface area contributed by atoms with Crippen molar-refractivity contribution in [1.29, 1.82) is 0 Å². The van der Waals surface area contributed by atoms with Gasteiger partial charge in [-0.2, -0.15) is 0 Å². The van der Waals surface area contributed by atoms with E-state index in [0.29, 0.717) is 12.1 Å². The molecule has 0 amide bonds. The van der Waals surface area contributed by atoms with Crippen molar-refractivity contribution in [3.05, 3.63) is 22.4 Å². The monoisotopic (exact) mass is 281 g/mol. The molecule has 2 atom stereocenters. The number of ether oxygens (including phenoxy) is 1. The fraction of sp³-hybridized carbons (Fsp3) is 0.750. The Hall–Kier alpha value is -0.380. The fourth-order valence-corrected chi connectivity index (χ4v) is 4.10. The van der Waals surface area contributed by atoms with E-state index in [1.165, 1.54) is 43.4 Å². The molecule has 0 aromatic carbocycles. The summed E-state index contributed by atoms with van der Waals surface area (Å²) < 4.78 is 5.85. The van der Waals surface area contributed by atoms with Crippen LogP contribution in [0.25, 0.3) is 0 Å². The summed E-state index contributed by atoms with van der Waals surface area (Å²) in [4.78, 5) is 1.48. The normalized spacial score (nSPS) is 20.3. The van der Waals surface area contributed by atoms with E-state index < -0.39 is 0 Å². The minimum absolute atomic E-state index is 0.380. The van der Waals surface area contributed by atoms with E-state index in [-0.39, 0.29) is 0 Å². The van der Waals surface area contributed by atoms with Gasteiger partial charge >= 0.3 is 0 Å². The molecule has 1 fully saturated rings. The van der Waals surface area contributed by atoms with Crippen molar-refractivity contribution >= 4 is 11.3 Å². The Morgan fingerprint density at radius 1 is 1.37 bits per heavy atom. The first-order valence-electron chi connectivity index (χ1n) is 7.57. The molecule has 1 heterocycles. The molecule has 1 saturated carbocycles. The van der Waals surface area contributed by atoms with E-state index in [0.717, 1.165) is 12.3 Å². The number of thiophene rings is 1. The van der Waals surface area contributed by atoms with E-state index in [9.17, 15) is 0 Å². The molecular weight excluding hydrogens is 254 g/mol. The summed E-state index contributed by atoms with van der Waals surface area (Å²) in [6.07, 6.45) is 9.57. The predicted octanol–water partition coefficient (Wildman–Crippen LogP) is 3.86. The molecule has 1 N–H and O–H groups in total. The van der Waals surface area contributed by atoms with Gasteiger partial charge in [0.1, 0.15) is 0 Å². The summed E-state index contributed by atoms with van der Waals surface area (Å²) in [5.41, 5.74) is 0. The number of rotatable bonds is 7. The highest BCUT2D eigenvalue weighted by atomic mass is 32.1. The van der Waals surface area contributed by atoms with Crippen molar-refractivity contribution < 1.29 is 4.74 Å². The SMILES string of the molecule is CNC(CCc1cccs1)C(OC)C1CCCCC1. The van der Waals surface area contributed by atoms with Crippen LogP contribution in [0.15, 0.2) is 17.5 Å². The summed E-state index contributed by atoms with van der Waals surface area (Å²) in [5, 5.41) is 5.66. The second-order valence-corrected chi connectivity index (χ2v) is 6.64. The molecule has 0 spiro atoms. The number of nitrogens with one attached hydrogen (secondary N) is 1. The summed E-state index contributed by atoms with van der Waals surface area (Å²) in [5.74, 6) is 0.750. The summed E-state index contributed by atoms with van der Waals surface area (Å²) in [6.45, 7) is 0. The zero-order valence-corrected chi connectivity index (χ0v) is 13.0. The van der Waals surface area contributed by atoms with Crippen molar-refractivity contribution in [1.82, 2.24) is 5.32 Å². The molecule has 3 heteroatoms. The maximum atomic E-state index is 5.85. The third-order valence-electron chi connectivity index (χ3n) is 4.44. The van der Waals surface area contributed by atoms with Crippen LogP contribution in [0, 0.1) is 5.92 Å². The number of hydrogen-bond donors (Lipinski definition) is 1. The van der Waals surface area contributed by atoms with Crippen molar-refractivity contribution in [2.24, 2.45) is 5.92 Å². The van der Waals surface area contributed by atoms with Gasteiger partial charge in [0, 0.05) is 18.0 Å². The molecule has 2 nitrogen and oxygen atoms in total. The summed E-state index contributed by atoms with van der Waals surface area (Å²) in [7, 11) is 3.96. The highest BCUT2D eigenvalue weighted by Gasteiger charge is 2.29. The van der Waals surface area contributed by atoms with Gasteiger partial charge in [0.2, 0.25) is 0 Å². The van der Waals surface area contributed by atoms with Crippen LogP contribution in [0.2, 0.25) is 0 Å². The third kappa shape index (κ3) is 4.30. The van der Waals surface area contributed by atoms with Crippen LogP contribution in [0.1, 0.15) is 43.4 Å². The lowest BCUT2D eigenvalue weighted by molar-refractivity contribution is 0.00812. The lowest BCUT2D eigenvalue weighted by Gasteiger charge is -2.34. The first kappa shape index (κ1) is 15.0. The third-order valence-corrected chi connectivity index (χ3v) is 5.37. The molecule has 1 aromatic heterocycles. The van der Waals surface area contributed by atoms with Crippen LogP contribution in [-0.2, 0) is 11.2 Å². The zero-order chi connectivity index (χ0) is 13.5. The molecule has 0 radical (unpaired) electrons. The van der Waals surface area contributed by atoms with Gasteiger partial charge in [0.25, 0.3) is 0 Å². The summed E-state index contributed by atoms with van der Waals surface area (Å²) >= 11 is 1.86. The zero-order valence-electron chi connectivity index (χ0n) is 12.2. The van der Waals surface area contributed by atoms with Crippen LogP contribution in [0.3, 0.4) is 0 Å². The smallest absolute Gasteiger partial charge is 0.0752 e. The van der Waals surface area contributed by atoms with Crippen molar-refractivity contribution in [3.63, 3.8) is 0 Å². The number of hydrogen-bond acceptors (Lipinski definition) is 3. The lowest BCUT2D eigenvalue weighted by atomic mass is 9.81. The lowest BCUT2D eigenvalue weighted by Crippen LogP contribution is -2.44. The van der Waals surface area contributed by atoms with Gasteiger partial charge in [-0.05, 0) is 50.1 Å². The standard InChI is InChI=1S/C16H27NOS/c1-17-15(11-10-14-9-6-12-19-14)16(18-2)13-7-4-3-5-8-13/h6,9,12-13,15-17H,3-5,7-8,10-11H2,1-2H3. The highest BCUT2D eigenvalue weighted by Crippen LogP contribution is 2.30. The largest absolute Gasteiger partial charge is 0.380 e. The molecule has 108 valence electrons. The van der Waals surface area contributed by atoms with Gasteiger partial charge in [-0.25, -0.2) is 0 Å². The number of likely N-dealkylation sites (N-methyl/N-ethyl adjacent to an activating group) is 1. The van der Waals surface area contributed by atoms with Crippen LogP contribution in [-0.4, -0.2) is 26.3 Å². The molecular formula is C16H27NOS. The Labute approximate surface area is 121 Å². The molecule has 1 aliphatic rings. The molecule has 0 bridgehead atoms. The number of aryl methyl sites for hydroxylation is 1. The van der Waals surface area contributed by atoms with Gasteiger partial charge < -0.3 is 10.1 Å². The van der Waals surface area contributed by atoms with Gasteiger partial charge in [-0.15, -0.1) is 11.3 Å². The topological polar surface area (TPSA) is 21.3 Å². The Morgan fingerprint density at radius 3 is 2.74 bits per heavy atom. The van der Waals surface area contributed by atoms with Gasteiger partial charge in [0.05, 0.1) is 6.10 Å². The predicted molar refractivity (Wildman–Crippen MR) is 82.9 cm³/mol. The van der Waals surface area contributed by atoms with E-state index >= 15 is 0 Å². The van der Waals surface area contributed by atoms with Crippen LogP contribution in [0.5, 0.6) is 0 Å². The van der Waals surface area contributed by atoms with Crippen LogP contribution in [0.4, 0.5) is 0 Å². The van der Waals surface area contributed by atoms with E-state index in [1.807, 2.05) is 18.4 Å².